The normalized spacial score (nSPS) is 22.7. The monoisotopic (exact) mass is 626 g/mol. The molecular formula is C37H42N2O5S. The number of likely N-dealkylation sites (tertiary alicyclic amines) is 1. The topological polar surface area (TPSA) is 88.1 Å². The van der Waals surface area contributed by atoms with E-state index >= 15 is 0 Å². The molecular weight excluding hydrogens is 584 g/mol. The second kappa shape index (κ2) is 14.4. The van der Waals surface area contributed by atoms with Gasteiger partial charge in [-0.2, -0.15) is 0 Å². The number of aliphatic hydroxyl groups excluding tert-OH is 1. The minimum absolute atomic E-state index is 0.0143. The SMILES string of the molecule is C[C@H]1[C@@H](CN2CCCCC2)O[C@@H](c2ccc(-c3cccc(CNS(=O)(=O)c4ccccc4)c3)cc2)O[C@H]1c1ccc(CO)cc1. The van der Waals surface area contributed by atoms with Crippen molar-refractivity contribution in [2.45, 2.75) is 62.7 Å². The van der Waals surface area contributed by atoms with E-state index in [2.05, 4.69) is 52.9 Å². The van der Waals surface area contributed by atoms with Crippen molar-refractivity contribution in [1.82, 2.24) is 9.62 Å². The first kappa shape index (κ1) is 31.6. The van der Waals surface area contributed by atoms with E-state index in [0.29, 0.717) is 0 Å². The number of sulfonamides is 1. The molecule has 4 aromatic rings. The van der Waals surface area contributed by atoms with E-state index in [1.165, 1.54) is 19.3 Å². The summed E-state index contributed by atoms with van der Waals surface area (Å²) in [4.78, 5) is 2.77. The first-order chi connectivity index (χ1) is 21.9. The molecule has 2 saturated heterocycles. The Kier molecular flexibility index (Phi) is 10.1. The Labute approximate surface area is 266 Å². The molecule has 0 radical (unpaired) electrons. The largest absolute Gasteiger partial charge is 0.392 e. The molecule has 2 aliphatic heterocycles. The fourth-order valence-corrected chi connectivity index (χ4v) is 7.32. The molecule has 0 saturated carbocycles. The van der Waals surface area contributed by atoms with Gasteiger partial charge < -0.3 is 19.5 Å². The van der Waals surface area contributed by atoms with Gasteiger partial charge in [0.25, 0.3) is 0 Å². The molecule has 8 heteroatoms. The van der Waals surface area contributed by atoms with E-state index in [0.717, 1.165) is 53.0 Å². The van der Waals surface area contributed by atoms with Crippen LogP contribution < -0.4 is 4.72 Å². The average Bonchev–Trinajstić information content (AvgIpc) is 3.09. The van der Waals surface area contributed by atoms with Gasteiger partial charge in [-0.1, -0.05) is 98.3 Å². The molecule has 2 fully saturated rings. The maximum atomic E-state index is 12.7. The number of piperidine rings is 1. The summed E-state index contributed by atoms with van der Waals surface area (Å²) in [5, 5.41) is 9.54. The first-order valence-electron chi connectivity index (χ1n) is 15.9. The standard InChI is InChI=1S/C37H42N2O5S/c1-27-35(25-39-21-6-3-7-22-39)43-37(44-36(27)31-15-13-28(26-40)14-16-31)32-19-17-30(18-20-32)33-10-8-9-29(23-33)24-38-45(41,42)34-11-4-2-5-12-34/h2,4-5,8-20,23,27,35-38,40H,3,6-7,21-22,24-26H2,1H3/t27-,35+,36+,37+/m0/s1. The van der Waals surface area contributed by atoms with Crippen LogP contribution in [-0.4, -0.2) is 44.2 Å². The van der Waals surface area contributed by atoms with Crippen LogP contribution in [0, 0.1) is 5.92 Å². The summed E-state index contributed by atoms with van der Waals surface area (Å²) in [7, 11) is -3.59. The third kappa shape index (κ3) is 7.72. The fraction of sp³-hybridized carbons (Fsp3) is 0.351. The van der Waals surface area contributed by atoms with Gasteiger partial charge in [0.2, 0.25) is 10.0 Å². The van der Waals surface area contributed by atoms with E-state index in [1.54, 1.807) is 30.3 Å². The summed E-state index contributed by atoms with van der Waals surface area (Å²) >= 11 is 0. The van der Waals surface area contributed by atoms with Crippen molar-refractivity contribution in [2.75, 3.05) is 19.6 Å². The lowest BCUT2D eigenvalue weighted by Gasteiger charge is -2.43. The summed E-state index contributed by atoms with van der Waals surface area (Å²) in [5.74, 6) is 0.157. The highest BCUT2D eigenvalue weighted by Gasteiger charge is 2.39. The first-order valence-corrected chi connectivity index (χ1v) is 17.3. The van der Waals surface area contributed by atoms with Crippen LogP contribution in [0.2, 0.25) is 0 Å². The molecule has 2 heterocycles. The molecule has 7 nitrogen and oxygen atoms in total. The van der Waals surface area contributed by atoms with Gasteiger partial charge in [0.05, 0.1) is 23.7 Å². The van der Waals surface area contributed by atoms with Crippen molar-refractivity contribution in [3.63, 3.8) is 0 Å². The lowest BCUT2D eigenvalue weighted by Crippen LogP contribution is -2.45. The van der Waals surface area contributed by atoms with Crippen molar-refractivity contribution in [3.8, 4) is 11.1 Å². The maximum absolute atomic E-state index is 12.7. The average molecular weight is 627 g/mol. The van der Waals surface area contributed by atoms with Crippen molar-refractivity contribution in [3.05, 3.63) is 125 Å². The van der Waals surface area contributed by atoms with Gasteiger partial charge in [-0.05, 0) is 71.9 Å². The molecule has 0 bridgehead atoms. The molecule has 0 spiro atoms. The third-order valence-electron chi connectivity index (χ3n) is 8.97. The Morgan fingerprint density at radius 2 is 1.49 bits per heavy atom. The Bertz CT molecular complexity index is 1640. The zero-order chi connectivity index (χ0) is 31.2. The van der Waals surface area contributed by atoms with Gasteiger partial charge in [-0.3, -0.25) is 0 Å². The highest BCUT2D eigenvalue weighted by atomic mass is 32.2. The van der Waals surface area contributed by atoms with Crippen LogP contribution >= 0.6 is 0 Å². The number of benzene rings is 4. The zero-order valence-corrected chi connectivity index (χ0v) is 26.5. The van der Waals surface area contributed by atoms with Gasteiger partial charge >= 0.3 is 0 Å². The van der Waals surface area contributed by atoms with Gasteiger partial charge in [-0.15, -0.1) is 0 Å². The predicted molar refractivity (Wildman–Crippen MR) is 176 cm³/mol. The molecule has 0 aliphatic carbocycles. The van der Waals surface area contributed by atoms with E-state index < -0.39 is 16.3 Å². The second-order valence-corrected chi connectivity index (χ2v) is 13.9. The second-order valence-electron chi connectivity index (χ2n) is 12.1. The van der Waals surface area contributed by atoms with E-state index in [1.807, 2.05) is 36.4 Å². The maximum Gasteiger partial charge on any atom is 0.240 e. The number of hydrogen-bond donors (Lipinski definition) is 2. The molecule has 2 aliphatic rings. The minimum atomic E-state index is -3.59. The summed E-state index contributed by atoms with van der Waals surface area (Å²) in [6, 6.07) is 32.6. The third-order valence-corrected chi connectivity index (χ3v) is 10.4. The summed E-state index contributed by atoms with van der Waals surface area (Å²) in [6.45, 7) is 5.52. The lowest BCUT2D eigenvalue weighted by atomic mass is 9.89. The van der Waals surface area contributed by atoms with Crippen molar-refractivity contribution in [1.29, 1.82) is 0 Å². The number of aliphatic hydroxyl groups is 1. The predicted octanol–water partition coefficient (Wildman–Crippen LogP) is 6.60. The Balaban J connectivity index is 1.18. The summed E-state index contributed by atoms with van der Waals surface area (Å²) in [6.07, 6.45) is 3.12. The van der Waals surface area contributed by atoms with Crippen LogP contribution in [0.5, 0.6) is 0 Å². The number of ether oxygens (including phenoxy) is 2. The summed E-state index contributed by atoms with van der Waals surface area (Å²) < 4.78 is 41.4. The molecule has 0 amide bonds. The van der Waals surface area contributed by atoms with Crippen LogP contribution in [0.3, 0.4) is 0 Å². The molecule has 45 heavy (non-hydrogen) atoms. The Morgan fingerprint density at radius 1 is 0.778 bits per heavy atom. The van der Waals surface area contributed by atoms with Crippen LogP contribution in [0.15, 0.2) is 108 Å². The molecule has 4 atom stereocenters. The number of rotatable bonds is 10. The van der Waals surface area contributed by atoms with Crippen molar-refractivity contribution >= 4 is 10.0 Å². The number of nitrogens with one attached hydrogen (secondary N) is 1. The molecule has 236 valence electrons. The van der Waals surface area contributed by atoms with Crippen LogP contribution in [-0.2, 0) is 32.6 Å². The number of hydrogen-bond acceptors (Lipinski definition) is 6. The Morgan fingerprint density at radius 3 is 2.20 bits per heavy atom. The van der Waals surface area contributed by atoms with Crippen LogP contribution in [0.25, 0.3) is 11.1 Å². The van der Waals surface area contributed by atoms with Crippen LogP contribution in [0.4, 0.5) is 0 Å². The van der Waals surface area contributed by atoms with E-state index in [-0.39, 0.29) is 36.2 Å². The molecule has 0 unspecified atom stereocenters. The highest BCUT2D eigenvalue weighted by molar-refractivity contribution is 7.89. The van der Waals surface area contributed by atoms with Gasteiger partial charge in [0.15, 0.2) is 6.29 Å². The number of nitrogens with zero attached hydrogens (tertiary/aromatic N) is 1. The lowest BCUT2D eigenvalue weighted by molar-refractivity contribution is -0.276. The molecule has 0 aromatic heterocycles. The minimum Gasteiger partial charge on any atom is -0.392 e. The van der Waals surface area contributed by atoms with Crippen LogP contribution in [0.1, 0.15) is 60.8 Å². The highest BCUT2D eigenvalue weighted by Crippen LogP contribution is 2.42. The van der Waals surface area contributed by atoms with E-state index in [4.69, 9.17) is 9.47 Å². The quantitative estimate of drug-likeness (QED) is 0.206. The van der Waals surface area contributed by atoms with Gasteiger partial charge in [-0.25, -0.2) is 13.1 Å². The Hall–Kier alpha value is -3.37. The van der Waals surface area contributed by atoms with Crippen molar-refractivity contribution < 1.29 is 23.0 Å². The smallest absolute Gasteiger partial charge is 0.240 e. The molecule has 6 rings (SSSR count). The van der Waals surface area contributed by atoms with Gasteiger partial charge in [0.1, 0.15) is 0 Å². The van der Waals surface area contributed by atoms with E-state index in [9.17, 15) is 13.5 Å². The summed E-state index contributed by atoms with van der Waals surface area (Å²) in [5.41, 5.74) is 5.83. The fourth-order valence-electron chi connectivity index (χ4n) is 6.28. The zero-order valence-electron chi connectivity index (χ0n) is 25.7. The molecule has 2 N–H and O–H groups in total. The molecule has 4 aromatic carbocycles. The van der Waals surface area contributed by atoms with Gasteiger partial charge in [0, 0.05) is 24.6 Å². The van der Waals surface area contributed by atoms with Crippen molar-refractivity contribution in [2.24, 2.45) is 5.92 Å².